The monoisotopic (exact) mass is 221 g/mol. The van der Waals surface area contributed by atoms with Crippen LogP contribution in [0.1, 0.15) is 12.5 Å². The van der Waals surface area contributed by atoms with Crippen molar-refractivity contribution in [3.8, 4) is 0 Å². The number of pyridine rings is 1. The molecule has 5 heteroatoms. The molecule has 1 N–H and O–H groups in total. The van der Waals surface area contributed by atoms with Crippen molar-refractivity contribution in [1.29, 1.82) is 0 Å². The number of carbonyl (C=O) groups is 1. The van der Waals surface area contributed by atoms with Gasteiger partial charge in [0.2, 0.25) is 0 Å². The van der Waals surface area contributed by atoms with E-state index in [9.17, 15) is 9.90 Å². The molecule has 2 unspecified atom stereocenters. The molecular weight excluding hydrogens is 206 g/mol. The Morgan fingerprint density at radius 1 is 1.50 bits per heavy atom. The van der Waals surface area contributed by atoms with E-state index in [-0.39, 0.29) is 12.1 Å². The molecule has 0 radical (unpaired) electrons. The Morgan fingerprint density at radius 3 is 2.69 bits per heavy atom. The van der Waals surface area contributed by atoms with Crippen LogP contribution in [0.25, 0.3) is 0 Å². The smallest absolute Gasteiger partial charge is 0.328 e. The summed E-state index contributed by atoms with van der Waals surface area (Å²) in [4.78, 5) is 18.8. The largest absolute Gasteiger partial charge is 0.371 e. The highest BCUT2D eigenvalue weighted by Gasteiger charge is 2.41. The number of urea groups is 1. The summed E-state index contributed by atoms with van der Waals surface area (Å²) in [6.07, 6.45) is 0.792. The number of aromatic nitrogens is 1. The molecule has 0 aliphatic carbocycles. The van der Waals surface area contributed by atoms with Crippen molar-refractivity contribution >= 4 is 11.8 Å². The molecule has 1 aliphatic heterocycles. The van der Waals surface area contributed by atoms with Crippen molar-refractivity contribution in [2.24, 2.45) is 0 Å². The van der Waals surface area contributed by atoms with Crippen molar-refractivity contribution in [3.05, 3.63) is 23.9 Å². The zero-order valence-corrected chi connectivity index (χ0v) is 9.58. The van der Waals surface area contributed by atoms with Gasteiger partial charge in [0.25, 0.3) is 0 Å². The third-order valence-corrected chi connectivity index (χ3v) is 2.96. The molecule has 16 heavy (non-hydrogen) atoms. The van der Waals surface area contributed by atoms with Crippen molar-refractivity contribution < 1.29 is 9.90 Å². The van der Waals surface area contributed by atoms with E-state index in [1.54, 1.807) is 26.2 Å². The zero-order chi connectivity index (χ0) is 11.9. The summed E-state index contributed by atoms with van der Waals surface area (Å²) in [5.74, 6) is 0.494. The second kappa shape index (κ2) is 3.75. The van der Waals surface area contributed by atoms with Gasteiger partial charge in [0.05, 0.1) is 6.04 Å². The molecule has 2 rings (SSSR count). The molecule has 0 saturated carbocycles. The zero-order valence-electron chi connectivity index (χ0n) is 9.58. The number of likely N-dealkylation sites (N-methyl/N-ethyl adjacent to an activating group) is 1. The van der Waals surface area contributed by atoms with Crippen LogP contribution < -0.4 is 4.90 Å². The van der Waals surface area contributed by atoms with Crippen LogP contribution in [-0.4, -0.2) is 40.3 Å². The van der Waals surface area contributed by atoms with Gasteiger partial charge in [-0.25, -0.2) is 14.7 Å². The van der Waals surface area contributed by atoms with Crippen molar-refractivity contribution in [2.75, 3.05) is 11.9 Å². The third kappa shape index (κ3) is 1.53. The maximum Gasteiger partial charge on any atom is 0.328 e. The predicted octanol–water partition coefficient (Wildman–Crippen LogP) is 0.969. The number of hydrogen-bond donors (Lipinski definition) is 1. The first kappa shape index (κ1) is 10.9. The van der Waals surface area contributed by atoms with Crippen LogP contribution in [0, 0.1) is 6.92 Å². The predicted molar refractivity (Wildman–Crippen MR) is 60.1 cm³/mol. The molecule has 0 bridgehead atoms. The van der Waals surface area contributed by atoms with Crippen LogP contribution >= 0.6 is 0 Å². The molecule has 1 fully saturated rings. The standard InChI is InChI=1S/C11H15N3O2/c1-7-4-5-12-9(6-7)14-10(15)8(2)13(3)11(14)16/h4-6,8,10,15H,1-3H3. The lowest BCUT2D eigenvalue weighted by Gasteiger charge is -2.19. The second-order valence-corrected chi connectivity index (χ2v) is 4.11. The molecule has 1 aromatic heterocycles. The summed E-state index contributed by atoms with van der Waals surface area (Å²) in [6.45, 7) is 3.73. The Morgan fingerprint density at radius 2 is 2.19 bits per heavy atom. The van der Waals surface area contributed by atoms with Crippen LogP contribution in [0.5, 0.6) is 0 Å². The van der Waals surface area contributed by atoms with Crippen LogP contribution in [-0.2, 0) is 0 Å². The highest BCUT2D eigenvalue weighted by Crippen LogP contribution is 2.25. The fourth-order valence-electron chi connectivity index (χ4n) is 1.76. The molecular formula is C11H15N3O2. The number of rotatable bonds is 1. The van der Waals surface area contributed by atoms with E-state index in [2.05, 4.69) is 4.98 Å². The fraction of sp³-hybridized carbons (Fsp3) is 0.455. The van der Waals surface area contributed by atoms with Crippen LogP contribution in [0.4, 0.5) is 10.6 Å². The average Bonchev–Trinajstić information content (AvgIpc) is 2.44. The van der Waals surface area contributed by atoms with E-state index >= 15 is 0 Å². The first-order chi connectivity index (χ1) is 7.52. The van der Waals surface area contributed by atoms with Gasteiger partial charge < -0.3 is 10.0 Å². The van der Waals surface area contributed by atoms with Crippen LogP contribution in [0.3, 0.4) is 0 Å². The first-order valence-electron chi connectivity index (χ1n) is 5.19. The summed E-state index contributed by atoms with van der Waals surface area (Å²) < 4.78 is 0. The Bertz CT molecular complexity index is 421. The summed E-state index contributed by atoms with van der Waals surface area (Å²) in [5, 5.41) is 9.97. The molecule has 86 valence electrons. The van der Waals surface area contributed by atoms with Crippen molar-refractivity contribution in [3.63, 3.8) is 0 Å². The van der Waals surface area contributed by atoms with Crippen LogP contribution in [0.15, 0.2) is 18.3 Å². The fourth-order valence-corrected chi connectivity index (χ4v) is 1.76. The first-order valence-corrected chi connectivity index (χ1v) is 5.19. The van der Waals surface area contributed by atoms with Crippen molar-refractivity contribution in [2.45, 2.75) is 26.1 Å². The lowest BCUT2D eigenvalue weighted by atomic mass is 10.2. The molecule has 1 saturated heterocycles. The van der Waals surface area contributed by atoms with E-state index in [1.807, 2.05) is 13.0 Å². The van der Waals surface area contributed by atoms with Gasteiger partial charge in [-0.3, -0.25) is 0 Å². The number of anilines is 1. The van der Waals surface area contributed by atoms with E-state index in [1.165, 1.54) is 9.80 Å². The Balaban J connectivity index is 2.38. The molecule has 5 nitrogen and oxygen atoms in total. The van der Waals surface area contributed by atoms with E-state index in [0.717, 1.165) is 5.56 Å². The quantitative estimate of drug-likeness (QED) is 0.768. The maximum absolute atomic E-state index is 11.9. The molecule has 2 heterocycles. The Labute approximate surface area is 94.3 Å². The topological polar surface area (TPSA) is 56.7 Å². The average molecular weight is 221 g/mol. The summed E-state index contributed by atoms with van der Waals surface area (Å²) in [7, 11) is 1.67. The van der Waals surface area contributed by atoms with Gasteiger partial charge in [0.1, 0.15) is 5.82 Å². The maximum atomic E-state index is 11.9. The number of hydrogen-bond acceptors (Lipinski definition) is 3. The van der Waals surface area contributed by atoms with E-state index < -0.39 is 6.23 Å². The lowest BCUT2D eigenvalue weighted by Crippen LogP contribution is -2.36. The summed E-state index contributed by atoms with van der Waals surface area (Å²) >= 11 is 0. The summed E-state index contributed by atoms with van der Waals surface area (Å²) in [5.41, 5.74) is 1.01. The SMILES string of the molecule is Cc1ccnc(N2C(=O)N(C)C(C)C2O)c1. The lowest BCUT2D eigenvalue weighted by molar-refractivity contribution is 0.138. The van der Waals surface area contributed by atoms with E-state index in [0.29, 0.717) is 5.82 Å². The highest BCUT2D eigenvalue weighted by atomic mass is 16.3. The Kier molecular flexibility index (Phi) is 2.55. The van der Waals surface area contributed by atoms with Gasteiger partial charge in [-0.1, -0.05) is 0 Å². The molecule has 1 aromatic rings. The number of carbonyl (C=O) groups excluding carboxylic acids is 1. The van der Waals surface area contributed by atoms with Gasteiger partial charge >= 0.3 is 6.03 Å². The van der Waals surface area contributed by atoms with E-state index in [4.69, 9.17) is 0 Å². The molecule has 0 aromatic carbocycles. The van der Waals surface area contributed by atoms with Gasteiger partial charge in [-0.2, -0.15) is 0 Å². The Hall–Kier alpha value is -1.62. The van der Waals surface area contributed by atoms with Crippen LogP contribution in [0.2, 0.25) is 0 Å². The van der Waals surface area contributed by atoms with Gasteiger partial charge in [0.15, 0.2) is 6.23 Å². The second-order valence-electron chi connectivity index (χ2n) is 4.11. The number of amides is 2. The molecule has 1 aliphatic rings. The summed E-state index contributed by atoms with van der Waals surface area (Å²) in [6, 6.07) is 3.18. The van der Waals surface area contributed by atoms with Gasteiger partial charge in [0, 0.05) is 13.2 Å². The number of nitrogens with zero attached hydrogens (tertiary/aromatic N) is 3. The minimum atomic E-state index is -0.841. The van der Waals surface area contributed by atoms with Gasteiger partial charge in [-0.15, -0.1) is 0 Å². The highest BCUT2D eigenvalue weighted by molar-refractivity contribution is 5.94. The number of aryl methyl sites for hydroxylation is 1. The molecule has 2 amide bonds. The molecule has 2 atom stereocenters. The van der Waals surface area contributed by atoms with Gasteiger partial charge in [-0.05, 0) is 31.5 Å². The normalized spacial score (nSPS) is 25.4. The number of aliphatic hydroxyl groups excluding tert-OH is 1. The minimum absolute atomic E-state index is 0.224. The molecule has 0 spiro atoms. The number of aliphatic hydroxyl groups is 1. The van der Waals surface area contributed by atoms with Crippen molar-refractivity contribution in [1.82, 2.24) is 9.88 Å². The minimum Gasteiger partial charge on any atom is -0.371 e. The third-order valence-electron chi connectivity index (χ3n) is 2.96.